The first-order chi connectivity index (χ1) is 6.84. The third kappa shape index (κ3) is 2.67. The maximum Gasteiger partial charge on any atom is 0.217 e. The SMILES string of the molecule is Fc1cc(SC2CCCCC2)ncn1. The van der Waals surface area contributed by atoms with Crippen LogP contribution in [0.1, 0.15) is 32.1 Å². The van der Waals surface area contributed by atoms with Crippen molar-refractivity contribution in [2.75, 3.05) is 0 Å². The third-order valence-electron chi connectivity index (χ3n) is 2.45. The molecule has 1 aromatic rings. The molecule has 1 aliphatic rings. The molecule has 0 amide bonds. The molecule has 1 fully saturated rings. The molecule has 1 aliphatic carbocycles. The molecule has 1 aromatic heterocycles. The molecule has 4 heteroatoms. The van der Waals surface area contributed by atoms with Gasteiger partial charge in [-0.1, -0.05) is 19.3 Å². The summed E-state index contributed by atoms with van der Waals surface area (Å²) < 4.78 is 12.8. The second-order valence-electron chi connectivity index (χ2n) is 3.56. The van der Waals surface area contributed by atoms with Crippen LogP contribution in [0.25, 0.3) is 0 Å². The molecule has 2 rings (SSSR count). The quantitative estimate of drug-likeness (QED) is 0.705. The summed E-state index contributed by atoms with van der Waals surface area (Å²) in [5.41, 5.74) is 0. The van der Waals surface area contributed by atoms with Crippen molar-refractivity contribution in [2.45, 2.75) is 42.4 Å². The van der Waals surface area contributed by atoms with E-state index in [4.69, 9.17) is 0 Å². The van der Waals surface area contributed by atoms with Crippen molar-refractivity contribution in [3.05, 3.63) is 18.3 Å². The van der Waals surface area contributed by atoms with E-state index in [2.05, 4.69) is 9.97 Å². The Morgan fingerprint density at radius 1 is 1.21 bits per heavy atom. The molecule has 0 aromatic carbocycles. The van der Waals surface area contributed by atoms with Gasteiger partial charge in [0.05, 0.1) is 0 Å². The molecule has 0 unspecified atom stereocenters. The first kappa shape index (κ1) is 9.90. The van der Waals surface area contributed by atoms with Crippen LogP contribution in [0.2, 0.25) is 0 Å². The molecule has 0 aliphatic heterocycles. The van der Waals surface area contributed by atoms with E-state index in [9.17, 15) is 4.39 Å². The fourth-order valence-corrected chi connectivity index (χ4v) is 2.92. The number of thioether (sulfide) groups is 1. The molecule has 1 saturated carbocycles. The predicted molar refractivity (Wildman–Crippen MR) is 54.7 cm³/mol. The van der Waals surface area contributed by atoms with Crippen molar-refractivity contribution in [3.8, 4) is 0 Å². The van der Waals surface area contributed by atoms with Crippen LogP contribution in [0.15, 0.2) is 17.4 Å². The van der Waals surface area contributed by atoms with E-state index in [0.29, 0.717) is 5.25 Å². The van der Waals surface area contributed by atoms with Gasteiger partial charge in [0.15, 0.2) is 0 Å². The molecule has 0 saturated heterocycles. The zero-order valence-corrected chi connectivity index (χ0v) is 8.76. The van der Waals surface area contributed by atoms with E-state index >= 15 is 0 Å². The molecule has 0 spiro atoms. The van der Waals surface area contributed by atoms with E-state index in [-0.39, 0.29) is 0 Å². The van der Waals surface area contributed by atoms with Gasteiger partial charge < -0.3 is 0 Å². The second kappa shape index (κ2) is 4.73. The lowest BCUT2D eigenvalue weighted by Crippen LogP contribution is -2.08. The third-order valence-corrected chi connectivity index (χ3v) is 3.72. The smallest absolute Gasteiger partial charge is 0.217 e. The normalized spacial score (nSPS) is 18.4. The Labute approximate surface area is 87.3 Å². The topological polar surface area (TPSA) is 25.8 Å². The lowest BCUT2D eigenvalue weighted by Gasteiger charge is -2.20. The van der Waals surface area contributed by atoms with E-state index < -0.39 is 5.95 Å². The van der Waals surface area contributed by atoms with Crippen molar-refractivity contribution >= 4 is 11.8 Å². The number of rotatable bonds is 2. The van der Waals surface area contributed by atoms with Crippen LogP contribution in [0, 0.1) is 5.95 Å². The predicted octanol–water partition coefficient (Wildman–Crippen LogP) is 3.04. The minimum atomic E-state index is -0.432. The highest BCUT2D eigenvalue weighted by Crippen LogP contribution is 2.32. The molecule has 76 valence electrons. The van der Waals surface area contributed by atoms with Crippen molar-refractivity contribution in [1.29, 1.82) is 0 Å². The highest BCUT2D eigenvalue weighted by molar-refractivity contribution is 7.99. The van der Waals surface area contributed by atoms with Crippen molar-refractivity contribution in [2.24, 2.45) is 0 Å². The van der Waals surface area contributed by atoms with Gasteiger partial charge in [-0.25, -0.2) is 9.97 Å². The summed E-state index contributed by atoms with van der Waals surface area (Å²) >= 11 is 1.69. The molecule has 2 nitrogen and oxygen atoms in total. The minimum absolute atomic E-state index is 0.432. The first-order valence-corrected chi connectivity index (χ1v) is 5.87. The maximum atomic E-state index is 12.8. The molecule has 1 heterocycles. The van der Waals surface area contributed by atoms with E-state index in [1.54, 1.807) is 11.8 Å². The molecular weight excluding hydrogens is 199 g/mol. The van der Waals surface area contributed by atoms with Crippen LogP contribution in [-0.4, -0.2) is 15.2 Å². The van der Waals surface area contributed by atoms with Gasteiger partial charge in [0.1, 0.15) is 11.4 Å². The summed E-state index contributed by atoms with van der Waals surface area (Å²) in [4.78, 5) is 7.49. The van der Waals surface area contributed by atoms with Gasteiger partial charge in [0.25, 0.3) is 0 Å². The van der Waals surface area contributed by atoms with Crippen LogP contribution in [-0.2, 0) is 0 Å². The molecule has 0 atom stereocenters. The fraction of sp³-hybridized carbons (Fsp3) is 0.600. The van der Waals surface area contributed by atoms with Crippen molar-refractivity contribution in [3.63, 3.8) is 0 Å². The zero-order valence-electron chi connectivity index (χ0n) is 7.95. The van der Waals surface area contributed by atoms with E-state index in [1.807, 2.05) is 0 Å². The maximum absolute atomic E-state index is 12.8. The van der Waals surface area contributed by atoms with Crippen molar-refractivity contribution in [1.82, 2.24) is 9.97 Å². The fourth-order valence-electron chi connectivity index (χ4n) is 1.74. The Kier molecular flexibility index (Phi) is 3.35. The Morgan fingerprint density at radius 2 is 2.00 bits per heavy atom. The van der Waals surface area contributed by atoms with Gasteiger partial charge in [0, 0.05) is 11.3 Å². The highest BCUT2D eigenvalue weighted by atomic mass is 32.2. The van der Waals surface area contributed by atoms with Gasteiger partial charge in [-0.15, -0.1) is 11.8 Å². The number of hydrogen-bond donors (Lipinski definition) is 0. The van der Waals surface area contributed by atoms with Crippen LogP contribution in [0.4, 0.5) is 4.39 Å². The molecule has 0 radical (unpaired) electrons. The lowest BCUT2D eigenvalue weighted by molar-refractivity contribution is 0.515. The Balaban J connectivity index is 1.95. The first-order valence-electron chi connectivity index (χ1n) is 4.99. The molecule has 0 N–H and O–H groups in total. The van der Waals surface area contributed by atoms with Crippen LogP contribution >= 0.6 is 11.8 Å². The Hall–Kier alpha value is -0.640. The summed E-state index contributed by atoms with van der Waals surface area (Å²) in [6, 6.07) is 1.42. The van der Waals surface area contributed by atoms with Gasteiger partial charge in [-0.05, 0) is 12.8 Å². The monoisotopic (exact) mass is 212 g/mol. The number of aromatic nitrogens is 2. The average Bonchev–Trinajstić information content (AvgIpc) is 2.19. The summed E-state index contributed by atoms with van der Waals surface area (Å²) in [6.45, 7) is 0. The highest BCUT2D eigenvalue weighted by Gasteiger charge is 2.15. The summed E-state index contributed by atoms with van der Waals surface area (Å²) in [5, 5.41) is 1.39. The van der Waals surface area contributed by atoms with Gasteiger partial charge in [-0.2, -0.15) is 4.39 Å². The molecule has 14 heavy (non-hydrogen) atoms. The largest absolute Gasteiger partial charge is 0.230 e. The van der Waals surface area contributed by atoms with Crippen LogP contribution in [0.3, 0.4) is 0 Å². The van der Waals surface area contributed by atoms with Gasteiger partial charge in [0.2, 0.25) is 5.95 Å². The second-order valence-corrected chi connectivity index (χ2v) is 4.88. The van der Waals surface area contributed by atoms with E-state index in [1.165, 1.54) is 44.5 Å². The van der Waals surface area contributed by atoms with Gasteiger partial charge >= 0.3 is 0 Å². The number of hydrogen-bond acceptors (Lipinski definition) is 3. The lowest BCUT2D eigenvalue weighted by atomic mass is 10.0. The standard InChI is InChI=1S/C10H13FN2S/c11-9-6-10(13-7-12-9)14-8-4-2-1-3-5-8/h6-8H,1-5H2. The van der Waals surface area contributed by atoms with E-state index in [0.717, 1.165) is 5.03 Å². The molecule has 0 bridgehead atoms. The summed E-state index contributed by atoms with van der Waals surface area (Å²) in [7, 11) is 0. The molecular formula is C10H13FN2S. The summed E-state index contributed by atoms with van der Waals surface area (Å²) in [5.74, 6) is -0.432. The minimum Gasteiger partial charge on any atom is -0.230 e. The average molecular weight is 212 g/mol. The summed E-state index contributed by atoms with van der Waals surface area (Å²) in [6.07, 6.45) is 7.69. The zero-order chi connectivity index (χ0) is 9.80. The van der Waals surface area contributed by atoms with Crippen LogP contribution in [0.5, 0.6) is 0 Å². The Bertz CT molecular complexity index is 300. The van der Waals surface area contributed by atoms with Crippen molar-refractivity contribution < 1.29 is 4.39 Å². The Morgan fingerprint density at radius 3 is 2.71 bits per heavy atom. The van der Waals surface area contributed by atoms with Gasteiger partial charge in [-0.3, -0.25) is 0 Å². The number of halogens is 1. The number of nitrogens with zero attached hydrogens (tertiary/aromatic N) is 2. The van der Waals surface area contributed by atoms with Crippen LogP contribution < -0.4 is 0 Å².